The zero-order valence-electron chi connectivity index (χ0n) is 27.1. The second-order valence-corrected chi connectivity index (χ2v) is 12.9. The first kappa shape index (κ1) is 33.5. The van der Waals surface area contributed by atoms with Crippen LogP contribution in [0.5, 0.6) is 0 Å². The average Bonchev–Trinajstić information content (AvgIpc) is 3.48. The van der Waals surface area contributed by atoms with Gasteiger partial charge in [-0.2, -0.15) is 18.3 Å². The van der Waals surface area contributed by atoms with Crippen molar-refractivity contribution in [1.82, 2.24) is 14.7 Å². The first-order chi connectivity index (χ1) is 23.0. The maximum Gasteiger partial charge on any atom is 0.435 e. The number of nitrogens with two attached hydrogens (primary N) is 1. The number of carbonyl (C=O) groups is 3. The van der Waals surface area contributed by atoms with Crippen LogP contribution < -0.4 is 15.5 Å². The van der Waals surface area contributed by atoms with Crippen molar-refractivity contribution in [3.63, 3.8) is 0 Å². The second-order valence-electron chi connectivity index (χ2n) is 12.9. The number of carbonyl (C=O) groups excluding carboxylic acids is 3. The second kappa shape index (κ2) is 14.0. The minimum atomic E-state index is -4.78. The molecule has 2 aliphatic heterocycles. The van der Waals surface area contributed by atoms with E-state index in [1.165, 1.54) is 61.3 Å². The third-order valence-corrected chi connectivity index (χ3v) is 9.65. The summed E-state index contributed by atoms with van der Waals surface area (Å²) in [6.45, 7) is 4.56. The average molecular weight is 663 g/mol. The summed E-state index contributed by atoms with van der Waals surface area (Å²) in [4.78, 5) is 44.5. The fraction of sp³-hybridized carbons (Fsp3) is 0.444. The highest BCUT2D eigenvalue weighted by Gasteiger charge is 2.43. The Morgan fingerprint density at radius 1 is 1.02 bits per heavy atom. The van der Waals surface area contributed by atoms with Gasteiger partial charge < -0.3 is 15.5 Å². The largest absolute Gasteiger partial charge is 0.435 e. The van der Waals surface area contributed by atoms with Gasteiger partial charge >= 0.3 is 6.18 Å². The Morgan fingerprint density at radius 3 is 2.50 bits per heavy atom. The molecule has 254 valence electrons. The van der Waals surface area contributed by atoms with Crippen LogP contribution in [-0.4, -0.2) is 65.1 Å². The van der Waals surface area contributed by atoms with E-state index in [1.807, 2.05) is 6.92 Å². The van der Waals surface area contributed by atoms with Gasteiger partial charge in [0.2, 0.25) is 11.8 Å². The molecule has 3 aromatic rings. The smallest absolute Gasteiger partial charge is 0.366 e. The number of benzene rings is 2. The molecule has 1 atom stereocenters. The lowest BCUT2D eigenvalue weighted by atomic mass is 9.87. The number of rotatable bonds is 9. The third kappa shape index (κ3) is 7.03. The summed E-state index contributed by atoms with van der Waals surface area (Å²) >= 11 is 0. The van der Waals surface area contributed by atoms with Crippen molar-refractivity contribution in [2.24, 2.45) is 11.7 Å². The van der Waals surface area contributed by atoms with E-state index < -0.39 is 23.7 Å². The van der Waals surface area contributed by atoms with Gasteiger partial charge in [-0.3, -0.25) is 19.3 Å². The Kier molecular flexibility index (Phi) is 9.73. The van der Waals surface area contributed by atoms with E-state index in [1.54, 1.807) is 34.7 Å². The highest BCUT2D eigenvalue weighted by Crippen LogP contribution is 2.37. The number of nitrogens with zero attached hydrogens (tertiary/aromatic N) is 5. The van der Waals surface area contributed by atoms with Crippen LogP contribution in [0.4, 0.5) is 24.5 Å². The SMILES string of the molecule is CCN(C(=O)CN1CCCC(CC2=CCCCC2)C1)c1ccc(N2CCc3c(C(F)(F)F)nn(-c4cccc(C(N)=O)c4)c3C2=O)cc1. The third-order valence-electron chi connectivity index (χ3n) is 9.65. The number of likely N-dealkylation sites (tertiary alicyclic amines) is 1. The zero-order valence-corrected chi connectivity index (χ0v) is 27.1. The van der Waals surface area contributed by atoms with Gasteiger partial charge in [-0.15, -0.1) is 0 Å². The number of allylic oxidation sites excluding steroid dienone is 2. The number of halogens is 3. The lowest BCUT2D eigenvalue weighted by molar-refractivity contribution is -0.142. The van der Waals surface area contributed by atoms with E-state index in [0.29, 0.717) is 30.4 Å². The Labute approximate surface area is 278 Å². The van der Waals surface area contributed by atoms with Crippen LogP contribution in [0.3, 0.4) is 0 Å². The molecule has 0 bridgehead atoms. The standard InChI is InChI=1S/C36H41F3N6O3/c1-2-43(31(46)23-42-18-7-10-25(22-42)20-24-8-4-3-5-9-24)27-13-15-28(16-14-27)44-19-17-30-32(35(44)48)45(41-33(30)36(37,38)39)29-12-6-11-26(21-29)34(40)47/h6,8,11-16,21,25H,2-5,7,9-10,17-20,22-23H2,1H3,(H2,40,47). The first-order valence-electron chi connectivity index (χ1n) is 16.8. The van der Waals surface area contributed by atoms with Gasteiger partial charge in [0.25, 0.3) is 5.91 Å². The topological polar surface area (TPSA) is 105 Å². The number of likely N-dealkylation sites (N-methyl/N-ethyl adjacent to an activating group) is 1. The number of amides is 3. The predicted molar refractivity (Wildman–Crippen MR) is 177 cm³/mol. The molecule has 0 saturated carbocycles. The lowest BCUT2D eigenvalue weighted by Gasteiger charge is -2.34. The molecular formula is C36H41F3N6O3. The van der Waals surface area contributed by atoms with Crippen LogP contribution in [0.1, 0.15) is 84.0 Å². The van der Waals surface area contributed by atoms with E-state index in [-0.39, 0.29) is 41.4 Å². The molecule has 3 amide bonds. The molecule has 0 radical (unpaired) electrons. The van der Waals surface area contributed by atoms with E-state index in [9.17, 15) is 27.6 Å². The quantitative estimate of drug-likeness (QED) is 0.277. The molecule has 9 nitrogen and oxygen atoms in total. The van der Waals surface area contributed by atoms with Gasteiger partial charge in [0.15, 0.2) is 5.69 Å². The van der Waals surface area contributed by atoms with Gasteiger partial charge in [-0.05, 0) is 113 Å². The molecule has 1 saturated heterocycles. The Balaban J connectivity index is 1.18. The van der Waals surface area contributed by atoms with Crippen molar-refractivity contribution in [1.29, 1.82) is 0 Å². The van der Waals surface area contributed by atoms with Crippen molar-refractivity contribution < 1.29 is 27.6 Å². The Morgan fingerprint density at radius 2 is 1.81 bits per heavy atom. The number of hydrogen-bond acceptors (Lipinski definition) is 5. The van der Waals surface area contributed by atoms with Crippen molar-refractivity contribution in [3.05, 3.63) is 82.7 Å². The highest BCUT2D eigenvalue weighted by molar-refractivity contribution is 6.08. The van der Waals surface area contributed by atoms with Crippen molar-refractivity contribution >= 4 is 29.1 Å². The van der Waals surface area contributed by atoms with Gasteiger partial charge in [-0.1, -0.05) is 17.7 Å². The molecule has 1 aliphatic carbocycles. The summed E-state index contributed by atoms with van der Waals surface area (Å²) in [5, 5.41) is 3.80. The number of fused-ring (bicyclic) bond motifs is 1. The van der Waals surface area contributed by atoms with Crippen molar-refractivity contribution in [2.45, 2.75) is 64.5 Å². The van der Waals surface area contributed by atoms with Crippen LogP contribution in [0.15, 0.2) is 60.2 Å². The molecule has 0 spiro atoms. The number of aromatic nitrogens is 2. The minimum absolute atomic E-state index is 0.00301. The van der Waals surface area contributed by atoms with E-state index in [0.717, 1.165) is 30.6 Å². The number of alkyl halides is 3. The number of anilines is 2. The molecule has 3 aliphatic rings. The molecular weight excluding hydrogens is 621 g/mol. The number of primary amides is 1. The molecule has 3 heterocycles. The normalized spacial score (nSPS) is 18.8. The summed E-state index contributed by atoms with van der Waals surface area (Å²) in [5.41, 5.74) is 6.79. The molecule has 1 fully saturated rings. The van der Waals surface area contributed by atoms with Crippen molar-refractivity contribution in [2.75, 3.05) is 42.5 Å². The van der Waals surface area contributed by atoms with Crippen LogP contribution in [0.25, 0.3) is 5.69 Å². The fourth-order valence-electron chi connectivity index (χ4n) is 7.33. The molecule has 1 aromatic heterocycles. The molecule has 6 rings (SSSR count). The van der Waals surface area contributed by atoms with Crippen LogP contribution in [-0.2, 0) is 17.4 Å². The number of hydrogen-bond donors (Lipinski definition) is 1. The molecule has 12 heteroatoms. The van der Waals surface area contributed by atoms with E-state index in [4.69, 9.17) is 5.73 Å². The Hall–Kier alpha value is -4.45. The Bertz CT molecular complexity index is 1710. The van der Waals surface area contributed by atoms with Crippen LogP contribution in [0.2, 0.25) is 0 Å². The van der Waals surface area contributed by atoms with Crippen LogP contribution >= 0.6 is 0 Å². The summed E-state index contributed by atoms with van der Waals surface area (Å²) in [5.74, 6) is -0.829. The van der Waals surface area contributed by atoms with Crippen molar-refractivity contribution in [3.8, 4) is 5.69 Å². The predicted octanol–water partition coefficient (Wildman–Crippen LogP) is 6.15. The zero-order chi connectivity index (χ0) is 34.0. The summed E-state index contributed by atoms with van der Waals surface area (Å²) in [6.07, 6.45) is 5.88. The maximum atomic E-state index is 14.0. The minimum Gasteiger partial charge on any atom is -0.366 e. The maximum absolute atomic E-state index is 14.0. The summed E-state index contributed by atoms with van der Waals surface area (Å²) in [7, 11) is 0. The highest BCUT2D eigenvalue weighted by atomic mass is 19.4. The van der Waals surface area contributed by atoms with Gasteiger partial charge in [0.05, 0.1) is 12.2 Å². The number of piperidine rings is 1. The van der Waals surface area contributed by atoms with Gasteiger partial charge in [0, 0.05) is 42.1 Å². The molecule has 2 N–H and O–H groups in total. The summed E-state index contributed by atoms with van der Waals surface area (Å²) in [6, 6.07) is 12.6. The fourth-order valence-corrected chi connectivity index (χ4v) is 7.33. The van der Waals surface area contributed by atoms with E-state index in [2.05, 4.69) is 16.1 Å². The molecule has 48 heavy (non-hydrogen) atoms. The monoisotopic (exact) mass is 662 g/mol. The summed E-state index contributed by atoms with van der Waals surface area (Å²) < 4.78 is 43.0. The first-order valence-corrected chi connectivity index (χ1v) is 16.8. The van der Waals surface area contributed by atoms with Crippen LogP contribution in [0, 0.1) is 5.92 Å². The molecule has 1 unspecified atom stereocenters. The molecule has 2 aromatic carbocycles. The van der Waals surface area contributed by atoms with E-state index >= 15 is 0 Å². The van der Waals surface area contributed by atoms with Gasteiger partial charge in [-0.25, -0.2) is 4.68 Å². The lowest BCUT2D eigenvalue weighted by Crippen LogP contribution is -2.44. The van der Waals surface area contributed by atoms with Gasteiger partial charge in [0.1, 0.15) is 5.69 Å².